The maximum absolute atomic E-state index is 13.9. The second-order valence-electron chi connectivity index (χ2n) is 9.58. The van der Waals surface area contributed by atoms with E-state index in [4.69, 9.17) is 4.74 Å². The Hall–Kier alpha value is -2.61. The molecule has 1 aromatic heterocycles. The van der Waals surface area contributed by atoms with Crippen molar-refractivity contribution >= 4 is 11.4 Å². The molecule has 2 fully saturated rings. The van der Waals surface area contributed by atoms with Crippen molar-refractivity contribution in [1.29, 1.82) is 0 Å². The van der Waals surface area contributed by atoms with Gasteiger partial charge < -0.3 is 24.7 Å². The second-order valence-corrected chi connectivity index (χ2v) is 9.58. The number of aromatic nitrogens is 1. The van der Waals surface area contributed by atoms with Crippen molar-refractivity contribution < 1.29 is 19.3 Å². The lowest BCUT2D eigenvalue weighted by atomic mass is 10.2. The molecule has 0 radical (unpaired) electrons. The van der Waals surface area contributed by atoms with Gasteiger partial charge in [0, 0.05) is 57.4 Å². The van der Waals surface area contributed by atoms with Crippen LogP contribution in [-0.4, -0.2) is 71.6 Å². The van der Waals surface area contributed by atoms with Gasteiger partial charge >= 0.3 is 0 Å². The average Bonchev–Trinajstić information content (AvgIpc) is 3.60. The van der Waals surface area contributed by atoms with Crippen molar-refractivity contribution in [3.05, 3.63) is 29.6 Å². The lowest BCUT2D eigenvalue weighted by Gasteiger charge is -2.37. The Morgan fingerprint density at radius 3 is 2.42 bits per heavy atom. The molecule has 1 saturated heterocycles. The Balaban J connectivity index is 1.31. The van der Waals surface area contributed by atoms with Crippen LogP contribution >= 0.6 is 0 Å². The predicted octanol–water partition coefficient (Wildman–Crippen LogP) is 3.94. The van der Waals surface area contributed by atoms with E-state index in [1.165, 1.54) is 6.07 Å². The van der Waals surface area contributed by atoms with E-state index in [0.717, 1.165) is 74.7 Å². The molecule has 0 bridgehead atoms. The molecule has 1 aliphatic carbocycles. The number of ether oxygens (including phenoxy) is 1. The summed E-state index contributed by atoms with van der Waals surface area (Å²) in [6.45, 7) is 10.6. The van der Waals surface area contributed by atoms with Crippen LogP contribution < -0.4 is 14.5 Å². The minimum atomic E-state index is -0.253. The first kappa shape index (κ1) is 23.5. The largest absolute Gasteiger partial charge is 0.494 e. The van der Waals surface area contributed by atoms with Gasteiger partial charge in [0.15, 0.2) is 5.88 Å². The van der Waals surface area contributed by atoms with Gasteiger partial charge in [0.05, 0.1) is 11.8 Å². The molecule has 7 nitrogen and oxygen atoms in total. The maximum atomic E-state index is 13.9. The smallest absolute Gasteiger partial charge is 0.218 e. The molecule has 1 aromatic carbocycles. The van der Waals surface area contributed by atoms with Crippen LogP contribution in [-0.2, 0) is 6.54 Å². The van der Waals surface area contributed by atoms with Crippen LogP contribution in [0.1, 0.15) is 38.7 Å². The lowest BCUT2D eigenvalue weighted by Crippen LogP contribution is -2.47. The highest BCUT2D eigenvalue weighted by molar-refractivity contribution is 5.66. The van der Waals surface area contributed by atoms with Crippen molar-refractivity contribution in [2.75, 3.05) is 49.6 Å². The van der Waals surface area contributed by atoms with Gasteiger partial charge in [0.2, 0.25) is 5.88 Å². The summed E-state index contributed by atoms with van der Waals surface area (Å²) in [5.74, 6) is 0.786. The van der Waals surface area contributed by atoms with Gasteiger partial charge in [0.25, 0.3) is 0 Å². The zero-order valence-corrected chi connectivity index (χ0v) is 20.2. The Morgan fingerprint density at radius 1 is 1.09 bits per heavy atom. The van der Waals surface area contributed by atoms with E-state index in [2.05, 4.69) is 14.7 Å². The van der Waals surface area contributed by atoms with Crippen LogP contribution in [0.3, 0.4) is 0 Å². The number of nitrogens with zero attached hydrogens (tertiary/aromatic N) is 4. The summed E-state index contributed by atoms with van der Waals surface area (Å²) in [5, 5.41) is 21.3. The Labute approximate surface area is 196 Å². The summed E-state index contributed by atoms with van der Waals surface area (Å²) >= 11 is 0. The standard InChI is InChI=1S/C25H37FN4O3/c1-17(2)33-22-9-6-19(26)16-21(22)29-14-12-28(13-15-29)10-5-11-30-24(31)18(3)23(25(30)32)27(4)20-7-8-20/h6,9,16-17,20,31-32H,5,7-8,10-15H2,1-4H3. The molecule has 0 unspecified atom stereocenters. The van der Waals surface area contributed by atoms with Crippen LogP contribution in [0.15, 0.2) is 18.2 Å². The highest BCUT2D eigenvalue weighted by atomic mass is 19.1. The first-order valence-electron chi connectivity index (χ1n) is 12.0. The van der Waals surface area contributed by atoms with Crippen LogP contribution in [0.5, 0.6) is 17.5 Å². The summed E-state index contributed by atoms with van der Waals surface area (Å²) in [5.41, 5.74) is 2.30. The minimum Gasteiger partial charge on any atom is -0.494 e. The quantitative estimate of drug-likeness (QED) is 0.591. The van der Waals surface area contributed by atoms with Crippen LogP contribution in [0, 0.1) is 12.7 Å². The summed E-state index contributed by atoms with van der Waals surface area (Å²) < 4.78 is 21.4. The third-order valence-corrected chi connectivity index (χ3v) is 6.71. The molecule has 2 aromatic rings. The molecule has 0 amide bonds. The molecule has 0 spiro atoms. The zero-order valence-electron chi connectivity index (χ0n) is 20.2. The minimum absolute atomic E-state index is 0.0326. The van der Waals surface area contributed by atoms with Gasteiger partial charge in [0.1, 0.15) is 17.3 Å². The monoisotopic (exact) mass is 460 g/mol. The van der Waals surface area contributed by atoms with Crippen molar-refractivity contribution in [1.82, 2.24) is 9.47 Å². The van der Waals surface area contributed by atoms with Crippen molar-refractivity contribution in [3.8, 4) is 17.5 Å². The SMILES string of the molecule is Cc1c(N(C)C2CC2)c(O)n(CCCN2CCN(c3cc(F)ccc3OC(C)C)CC2)c1O. The van der Waals surface area contributed by atoms with E-state index in [0.29, 0.717) is 12.6 Å². The van der Waals surface area contributed by atoms with Gasteiger partial charge in [-0.25, -0.2) is 4.39 Å². The summed E-state index contributed by atoms with van der Waals surface area (Å²) in [6, 6.07) is 5.18. The number of aromatic hydroxyl groups is 2. The molecule has 0 atom stereocenters. The van der Waals surface area contributed by atoms with Crippen molar-refractivity contribution in [3.63, 3.8) is 0 Å². The molecule has 1 saturated carbocycles. The van der Waals surface area contributed by atoms with Crippen LogP contribution in [0.2, 0.25) is 0 Å². The molecule has 2 heterocycles. The molecule has 8 heteroatoms. The Morgan fingerprint density at radius 2 is 1.79 bits per heavy atom. The molecule has 33 heavy (non-hydrogen) atoms. The number of hydrogen-bond acceptors (Lipinski definition) is 6. The number of benzene rings is 1. The first-order chi connectivity index (χ1) is 15.8. The van der Waals surface area contributed by atoms with Crippen molar-refractivity contribution in [2.24, 2.45) is 0 Å². The fourth-order valence-corrected chi connectivity index (χ4v) is 4.74. The first-order valence-corrected chi connectivity index (χ1v) is 12.0. The third-order valence-electron chi connectivity index (χ3n) is 6.71. The van der Waals surface area contributed by atoms with Gasteiger partial charge in [-0.05, 0) is 58.7 Å². The van der Waals surface area contributed by atoms with Gasteiger partial charge in [-0.1, -0.05) is 0 Å². The lowest BCUT2D eigenvalue weighted by molar-refractivity contribution is 0.234. The number of rotatable bonds is 9. The zero-order chi connectivity index (χ0) is 23.7. The van der Waals surface area contributed by atoms with Gasteiger partial charge in [-0.2, -0.15) is 0 Å². The van der Waals surface area contributed by atoms with Gasteiger partial charge in [-0.15, -0.1) is 0 Å². The third kappa shape index (κ3) is 5.16. The molecule has 2 N–H and O–H groups in total. The fraction of sp³-hybridized carbons (Fsp3) is 0.600. The predicted molar refractivity (Wildman–Crippen MR) is 129 cm³/mol. The van der Waals surface area contributed by atoms with E-state index in [1.54, 1.807) is 16.7 Å². The van der Waals surface area contributed by atoms with E-state index in [9.17, 15) is 14.6 Å². The molecule has 1 aliphatic heterocycles. The summed E-state index contributed by atoms with van der Waals surface area (Å²) in [6.07, 6.45) is 3.12. The maximum Gasteiger partial charge on any atom is 0.218 e. The molecule has 4 rings (SSSR count). The number of piperazine rings is 1. The topological polar surface area (TPSA) is 64.3 Å². The fourth-order valence-electron chi connectivity index (χ4n) is 4.74. The molecule has 2 aliphatic rings. The van der Waals surface area contributed by atoms with Crippen molar-refractivity contribution in [2.45, 2.75) is 58.7 Å². The highest BCUT2D eigenvalue weighted by Crippen LogP contribution is 2.43. The number of hydrogen-bond donors (Lipinski definition) is 2. The highest BCUT2D eigenvalue weighted by Gasteiger charge is 2.32. The van der Waals surface area contributed by atoms with Crippen LogP contribution in [0.4, 0.5) is 15.8 Å². The number of halogens is 1. The van der Waals surface area contributed by atoms with E-state index >= 15 is 0 Å². The molecule has 182 valence electrons. The number of anilines is 2. The Bertz CT molecular complexity index is 965. The van der Waals surface area contributed by atoms with E-state index in [1.807, 2.05) is 27.8 Å². The average molecular weight is 461 g/mol. The molecular formula is C25H37FN4O3. The van der Waals surface area contributed by atoms with E-state index < -0.39 is 0 Å². The summed E-state index contributed by atoms with van der Waals surface area (Å²) in [7, 11) is 1.99. The normalized spacial score (nSPS) is 17.1. The van der Waals surface area contributed by atoms with Gasteiger partial charge in [-0.3, -0.25) is 9.47 Å². The summed E-state index contributed by atoms with van der Waals surface area (Å²) in [4.78, 5) is 6.65. The van der Waals surface area contributed by atoms with Crippen LogP contribution in [0.25, 0.3) is 0 Å². The molecular weight excluding hydrogens is 423 g/mol. The Kier molecular flexibility index (Phi) is 6.93. The second kappa shape index (κ2) is 9.71. The van der Waals surface area contributed by atoms with E-state index in [-0.39, 0.29) is 23.7 Å².